The fourth-order valence-corrected chi connectivity index (χ4v) is 3.38. The zero-order valence-corrected chi connectivity index (χ0v) is 12.9. The molecule has 3 unspecified atom stereocenters. The number of hydrogen-bond donors (Lipinski definition) is 1. The Labute approximate surface area is 127 Å². The Morgan fingerprint density at radius 1 is 1.00 bits per heavy atom. The molecule has 0 aromatic rings. The van der Waals surface area contributed by atoms with Crippen molar-refractivity contribution in [1.29, 1.82) is 0 Å². The zero-order valence-electron chi connectivity index (χ0n) is 12.9. The molecule has 7 heteroatoms. The van der Waals surface area contributed by atoms with E-state index in [4.69, 9.17) is 0 Å². The summed E-state index contributed by atoms with van der Waals surface area (Å²) < 4.78 is 76.7. The van der Waals surface area contributed by atoms with Crippen molar-refractivity contribution in [3.05, 3.63) is 0 Å². The average Bonchev–Trinajstić information content (AvgIpc) is 2.37. The lowest BCUT2D eigenvalue weighted by atomic mass is 9.73. The van der Waals surface area contributed by atoms with E-state index in [-0.39, 0.29) is 12.3 Å². The second kappa shape index (κ2) is 6.97. The van der Waals surface area contributed by atoms with E-state index in [1.807, 2.05) is 6.92 Å². The predicted molar refractivity (Wildman–Crippen MR) is 71.2 cm³/mol. The third-order valence-electron chi connectivity index (χ3n) is 5.02. The molecule has 1 rings (SSSR count). The zero-order chi connectivity index (χ0) is 17.2. The van der Waals surface area contributed by atoms with E-state index in [0.29, 0.717) is 12.3 Å². The fourth-order valence-electron chi connectivity index (χ4n) is 3.38. The molecule has 22 heavy (non-hydrogen) atoms. The highest BCUT2D eigenvalue weighted by Crippen LogP contribution is 2.48. The molecule has 1 aliphatic rings. The Kier molecular flexibility index (Phi) is 6.21. The Hall–Kier alpha value is -0.460. The lowest BCUT2D eigenvalue weighted by Gasteiger charge is -2.37. The smallest absolute Gasteiger partial charge is 0.374 e. The lowest BCUT2D eigenvalue weighted by Crippen LogP contribution is -2.57. The third-order valence-corrected chi connectivity index (χ3v) is 5.02. The number of rotatable bonds is 5. The van der Waals surface area contributed by atoms with Gasteiger partial charge in [-0.25, -0.2) is 0 Å². The van der Waals surface area contributed by atoms with Gasteiger partial charge in [0.1, 0.15) is 0 Å². The SMILES string of the molecule is CCC(CC1CCCCC1C)CC(O)(C(F)(F)F)C(F)(F)F. The summed E-state index contributed by atoms with van der Waals surface area (Å²) in [5, 5.41) is 9.33. The summed E-state index contributed by atoms with van der Waals surface area (Å²) >= 11 is 0. The number of alkyl halides is 6. The standard InChI is InChI=1S/C15H24F6O/c1-3-11(8-12-7-5-4-6-10(12)2)9-13(22,14(16,17)18)15(19,20)21/h10-12,22H,3-9H2,1-2H3. The van der Waals surface area contributed by atoms with Gasteiger partial charge in [-0.05, 0) is 30.6 Å². The van der Waals surface area contributed by atoms with Gasteiger partial charge in [0.25, 0.3) is 5.60 Å². The van der Waals surface area contributed by atoms with Crippen LogP contribution < -0.4 is 0 Å². The first kappa shape index (κ1) is 19.6. The highest BCUT2D eigenvalue weighted by Gasteiger charge is 2.70. The molecule has 0 spiro atoms. The minimum atomic E-state index is -5.71. The quantitative estimate of drug-likeness (QED) is 0.661. The van der Waals surface area contributed by atoms with E-state index < -0.39 is 30.3 Å². The Morgan fingerprint density at radius 2 is 1.50 bits per heavy atom. The lowest BCUT2D eigenvalue weighted by molar-refractivity contribution is -0.373. The molecule has 1 nitrogen and oxygen atoms in total. The van der Waals surface area contributed by atoms with Crippen LogP contribution in [-0.4, -0.2) is 23.1 Å². The van der Waals surface area contributed by atoms with Gasteiger partial charge in [-0.1, -0.05) is 46.0 Å². The first-order valence-electron chi connectivity index (χ1n) is 7.78. The molecule has 1 N–H and O–H groups in total. The van der Waals surface area contributed by atoms with Gasteiger partial charge in [-0.15, -0.1) is 0 Å². The highest BCUT2D eigenvalue weighted by atomic mass is 19.4. The summed E-state index contributed by atoms with van der Waals surface area (Å²) in [6.45, 7) is 3.57. The Balaban J connectivity index is 2.85. The van der Waals surface area contributed by atoms with Crippen LogP contribution in [0.5, 0.6) is 0 Å². The number of hydrogen-bond acceptors (Lipinski definition) is 1. The van der Waals surface area contributed by atoms with E-state index in [2.05, 4.69) is 0 Å². The van der Waals surface area contributed by atoms with Gasteiger partial charge in [0.15, 0.2) is 0 Å². The van der Waals surface area contributed by atoms with E-state index in [9.17, 15) is 31.4 Å². The van der Waals surface area contributed by atoms with Crippen LogP contribution in [0.4, 0.5) is 26.3 Å². The van der Waals surface area contributed by atoms with Gasteiger partial charge < -0.3 is 5.11 Å². The van der Waals surface area contributed by atoms with Crippen LogP contribution in [0.15, 0.2) is 0 Å². The second-order valence-electron chi connectivity index (χ2n) is 6.59. The molecule has 0 aromatic heterocycles. The first-order valence-corrected chi connectivity index (χ1v) is 7.78. The van der Waals surface area contributed by atoms with Gasteiger partial charge in [-0.3, -0.25) is 0 Å². The highest BCUT2D eigenvalue weighted by molar-refractivity contribution is 4.95. The predicted octanol–water partition coefficient (Wildman–Crippen LogP) is 5.47. The van der Waals surface area contributed by atoms with Crippen molar-refractivity contribution in [2.24, 2.45) is 17.8 Å². The molecule has 0 aliphatic heterocycles. The molecule has 0 saturated heterocycles. The molecule has 0 amide bonds. The van der Waals surface area contributed by atoms with Crippen molar-refractivity contribution in [3.8, 4) is 0 Å². The molecule has 0 aromatic carbocycles. The van der Waals surface area contributed by atoms with Crippen LogP contribution in [0.1, 0.15) is 58.8 Å². The molecule has 0 radical (unpaired) electrons. The molecular formula is C15H24F6O. The van der Waals surface area contributed by atoms with Crippen molar-refractivity contribution in [2.75, 3.05) is 0 Å². The summed E-state index contributed by atoms with van der Waals surface area (Å²) in [7, 11) is 0. The van der Waals surface area contributed by atoms with E-state index >= 15 is 0 Å². The van der Waals surface area contributed by atoms with Crippen molar-refractivity contribution in [3.63, 3.8) is 0 Å². The third kappa shape index (κ3) is 4.30. The van der Waals surface area contributed by atoms with Gasteiger partial charge in [-0.2, -0.15) is 26.3 Å². The molecule has 0 heterocycles. The molecule has 3 atom stereocenters. The van der Waals surface area contributed by atoms with Crippen molar-refractivity contribution >= 4 is 0 Å². The van der Waals surface area contributed by atoms with Crippen LogP contribution in [0.3, 0.4) is 0 Å². The largest absolute Gasteiger partial charge is 0.426 e. The second-order valence-corrected chi connectivity index (χ2v) is 6.59. The maximum atomic E-state index is 12.8. The van der Waals surface area contributed by atoms with Crippen LogP contribution in [-0.2, 0) is 0 Å². The summed E-state index contributed by atoms with van der Waals surface area (Å²) in [4.78, 5) is 0. The Bertz CT molecular complexity index is 335. The minimum absolute atomic E-state index is 0.143. The Morgan fingerprint density at radius 3 is 1.91 bits per heavy atom. The van der Waals surface area contributed by atoms with Crippen molar-refractivity contribution < 1.29 is 31.4 Å². The molecule has 1 aliphatic carbocycles. The minimum Gasteiger partial charge on any atom is -0.374 e. The molecular weight excluding hydrogens is 310 g/mol. The summed E-state index contributed by atoms with van der Waals surface area (Å²) in [6.07, 6.45) is -8.40. The van der Waals surface area contributed by atoms with E-state index in [1.165, 1.54) is 0 Å². The van der Waals surface area contributed by atoms with Crippen LogP contribution in [0.2, 0.25) is 0 Å². The summed E-state index contributed by atoms with van der Waals surface area (Å²) in [6, 6.07) is 0. The van der Waals surface area contributed by atoms with E-state index in [1.54, 1.807) is 6.92 Å². The number of halogens is 6. The normalized spacial score (nSPS) is 26.0. The van der Waals surface area contributed by atoms with Crippen molar-refractivity contribution in [2.45, 2.75) is 76.7 Å². The fraction of sp³-hybridized carbons (Fsp3) is 1.00. The average molecular weight is 334 g/mol. The maximum Gasteiger partial charge on any atom is 0.426 e. The van der Waals surface area contributed by atoms with Crippen LogP contribution in [0.25, 0.3) is 0 Å². The van der Waals surface area contributed by atoms with Gasteiger partial charge in [0, 0.05) is 0 Å². The van der Waals surface area contributed by atoms with Crippen molar-refractivity contribution in [1.82, 2.24) is 0 Å². The van der Waals surface area contributed by atoms with Crippen LogP contribution in [0, 0.1) is 17.8 Å². The summed E-state index contributed by atoms with van der Waals surface area (Å²) in [5.41, 5.74) is -4.61. The van der Waals surface area contributed by atoms with Gasteiger partial charge >= 0.3 is 12.4 Å². The van der Waals surface area contributed by atoms with E-state index in [0.717, 1.165) is 25.7 Å². The number of aliphatic hydroxyl groups is 1. The van der Waals surface area contributed by atoms with Crippen LogP contribution >= 0.6 is 0 Å². The van der Waals surface area contributed by atoms with Gasteiger partial charge in [0.05, 0.1) is 0 Å². The molecule has 1 saturated carbocycles. The topological polar surface area (TPSA) is 20.2 Å². The maximum absolute atomic E-state index is 12.8. The first-order chi connectivity index (χ1) is 9.92. The molecule has 132 valence electrons. The molecule has 0 bridgehead atoms. The monoisotopic (exact) mass is 334 g/mol. The molecule has 1 fully saturated rings. The van der Waals surface area contributed by atoms with Gasteiger partial charge in [0.2, 0.25) is 0 Å². The summed E-state index contributed by atoms with van der Waals surface area (Å²) in [5.74, 6) is -0.337.